The number of fused-ring (bicyclic) bond motifs is 1. The Bertz CT molecular complexity index is 1200. The third-order valence-corrected chi connectivity index (χ3v) is 5.43. The molecule has 4 rings (SSSR count). The van der Waals surface area contributed by atoms with Gasteiger partial charge in [0.2, 0.25) is 0 Å². The Hall–Kier alpha value is -4.18. The molecule has 7 nitrogen and oxygen atoms in total. The maximum atomic E-state index is 12.3. The molecule has 0 fully saturated rings. The van der Waals surface area contributed by atoms with Crippen LogP contribution in [0.1, 0.15) is 23.1 Å². The Kier molecular flexibility index (Phi) is 5.86. The number of carboxylic acids is 1. The minimum absolute atomic E-state index is 0.0971. The maximum absolute atomic E-state index is 12.3. The van der Waals surface area contributed by atoms with E-state index in [0.717, 1.165) is 30.0 Å². The molecule has 160 valence electrons. The van der Waals surface area contributed by atoms with Crippen LogP contribution in [-0.2, 0) is 16.0 Å². The Morgan fingerprint density at radius 2 is 2.03 bits per heavy atom. The third kappa shape index (κ3) is 4.30. The van der Waals surface area contributed by atoms with E-state index in [9.17, 15) is 9.59 Å². The van der Waals surface area contributed by atoms with E-state index in [1.54, 1.807) is 6.08 Å². The van der Waals surface area contributed by atoms with E-state index in [2.05, 4.69) is 58.2 Å². The van der Waals surface area contributed by atoms with Gasteiger partial charge in [-0.3, -0.25) is 9.59 Å². The van der Waals surface area contributed by atoms with Gasteiger partial charge in [-0.2, -0.15) is 0 Å². The van der Waals surface area contributed by atoms with Crippen molar-refractivity contribution in [3.05, 3.63) is 88.3 Å². The van der Waals surface area contributed by atoms with E-state index >= 15 is 0 Å². The van der Waals surface area contributed by atoms with Gasteiger partial charge in [0.15, 0.2) is 6.54 Å². The number of hydrazone groups is 1. The van der Waals surface area contributed by atoms with E-state index in [1.165, 1.54) is 28.6 Å². The number of rotatable bonds is 5. The van der Waals surface area contributed by atoms with E-state index < -0.39 is 18.4 Å². The molecule has 2 aliphatic heterocycles. The summed E-state index contributed by atoms with van der Waals surface area (Å²) in [6, 6.07) is 14.8. The summed E-state index contributed by atoms with van der Waals surface area (Å²) in [6.07, 6.45) is 7.14. The minimum atomic E-state index is -1.18. The van der Waals surface area contributed by atoms with Crippen molar-refractivity contribution in [1.82, 2.24) is 5.01 Å². The fourth-order valence-corrected chi connectivity index (χ4v) is 3.88. The Balaban J connectivity index is 1.54. The number of hydrogen-bond acceptors (Lipinski definition) is 4. The third-order valence-electron chi connectivity index (χ3n) is 5.43. The van der Waals surface area contributed by atoms with Gasteiger partial charge in [0.25, 0.3) is 5.91 Å². The maximum Gasteiger partial charge on any atom is 0.327 e. The number of carbonyl (C=O) groups is 2. The zero-order chi connectivity index (χ0) is 22.7. The van der Waals surface area contributed by atoms with Gasteiger partial charge in [-0.25, -0.2) is 0 Å². The molecule has 7 heteroatoms. The highest BCUT2D eigenvalue weighted by molar-refractivity contribution is 6.27. The van der Waals surface area contributed by atoms with Crippen molar-refractivity contribution in [2.24, 2.45) is 5.10 Å². The van der Waals surface area contributed by atoms with Crippen molar-refractivity contribution in [3.63, 3.8) is 0 Å². The van der Waals surface area contributed by atoms with Crippen LogP contribution in [0.4, 0.5) is 11.4 Å². The number of aliphatic carboxylic acids is 1. The monoisotopic (exact) mass is 426 g/mol. The molecule has 0 saturated carbocycles. The molecule has 2 aromatic carbocycles. The zero-order valence-corrected chi connectivity index (χ0v) is 17.7. The first kappa shape index (κ1) is 21.1. The second-order valence-electron chi connectivity index (χ2n) is 7.71. The first-order valence-electron chi connectivity index (χ1n) is 10.3. The topological polar surface area (TPSA) is 77.6 Å². The van der Waals surface area contributed by atoms with Crippen molar-refractivity contribution in [2.45, 2.75) is 19.8 Å². The van der Waals surface area contributed by atoms with Gasteiger partial charge < -0.3 is 14.9 Å². The van der Waals surface area contributed by atoms with Crippen LogP contribution in [0.3, 0.4) is 0 Å². The van der Waals surface area contributed by atoms with Gasteiger partial charge in [0, 0.05) is 17.9 Å². The van der Waals surface area contributed by atoms with Gasteiger partial charge in [0.1, 0.15) is 0 Å². The Labute approximate surface area is 186 Å². The van der Waals surface area contributed by atoms with Crippen molar-refractivity contribution in [3.8, 4) is 0 Å². The van der Waals surface area contributed by atoms with Crippen LogP contribution in [0.25, 0.3) is 10.9 Å². The summed E-state index contributed by atoms with van der Waals surface area (Å²) in [7, 11) is 0. The number of carboxylic acid groups (broad SMARTS) is 1. The number of amides is 1. The lowest BCUT2D eigenvalue weighted by Gasteiger charge is -2.31. The van der Waals surface area contributed by atoms with E-state index in [4.69, 9.17) is 11.7 Å². The van der Waals surface area contributed by atoms with Crippen molar-refractivity contribution in [1.29, 1.82) is 0 Å². The average Bonchev–Trinajstić information content (AvgIpc) is 3.08. The van der Waals surface area contributed by atoms with Gasteiger partial charge in [-0.15, -0.1) is 5.01 Å². The molecule has 0 radical (unpaired) electrons. The molecule has 0 atom stereocenters. The van der Waals surface area contributed by atoms with Crippen molar-refractivity contribution >= 4 is 35.2 Å². The number of anilines is 2. The lowest BCUT2D eigenvalue weighted by Crippen LogP contribution is -2.28. The number of nitrogens with zero attached hydrogens (tertiary/aromatic N) is 4. The first-order valence-corrected chi connectivity index (χ1v) is 10.3. The highest BCUT2D eigenvalue weighted by Crippen LogP contribution is 2.34. The van der Waals surface area contributed by atoms with Crippen LogP contribution in [-0.4, -0.2) is 40.9 Å². The normalized spacial score (nSPS) is 16.9. The second kappa shape index (κ2) is 8.90. The molecule has 0 saturated heterocycles. The summed E-state index contributed by atoms with van der Waals surface area (Å²) in [5, 5.41) is 13.5. The molecule has 1 amide bonds. The summed E-state index contributed by atoms with van der Waals surface area (Å²) < 4.78 is 0. The first-order chi connectivity index (χ1) is 15.5. The van der Waals surface area contributed by atoms with Gasteiger partial charge in [-0.05, 0) is 60.3 Å². The van der Waals surface area contributed by atoms with Gasteiger partial charge >= 0.3 is 11.8 Å². The number of aryl methyl sites for hydroxylation is 2. The predicted molar refractivity (Wildman–Crippen MR) is 123 cm³/mol. The molecule has 0 aromatic heterocycles. The van der Waals surface area contributed by atoms with E-state index in [0.29, 0.717) is 0 Å². The fraction of sp³-hybridized carbons (Fsp3) is 0.200. The number of amidine groups is 1. The van der Waals surface area contributed by atoms with Crippen LogP contribution >= 0.6 is 0 Å². The smallest absolute Gasteiger partial charge is 0.327 e. The summed E-state index contributed by atoms with van der Waals surface area (Å²) in [4.78, 5) is 28.8. The van der Waals surface area contributed by atoms with Crippen LogP contribution in [0, 0.1) is 13.5 Å². The minimum Gasteiger partial charge on any atom is -0.480 e. The highest BCUT2D eigenvalue weighted by Gasteiger charge is 2.33. The zero-order valence-electron chi connectivity index (χ0n) is 17.7. The summed E-state index contributed by atoms with van der Waals surface area (Å²) in [5.41, 5.74) is 5.97. The lowest BCUT2D eigenvalue weighted by molar-refractivity contribution is -0.142. The largest absolute Gasteiger partial charge is 0.480 e. The van der Waals surface area contributed by atoms with Gasteiger partial charge in [0.05, 0.1) is 5.57 Å². The molecular weight excluding hydrogens is 404 g/mol. The highest BCUT2D eigenvalue weighted by atomic mass is 16.4. The molecule has 0 unspecified atom stereocenters. The summed E-state index contributed by atoms with van der Waals surface area (Å²) >= 11 is 0. The molecule has 2 heterocycles. The quantitative estimate of drug-likeness (QED) is 0.575. The van der Waals surface area contributed by atoms with Crippen LogP contribution in [0.2, 0.25) is 0 Å². The van der Waals surface area contributed by atoms with E-state index in [-0.39, 0.29) is 11.4 Å². The second-order valence-corrected chi connectivity index (χ2v) is 7.71. The molecule has 2 aliphatic rings. The SMILES string of the molecule is [C-]#[N+]C1=NN(CC(=O)O)C(=O)C1=CC=Cc1ccc2c(c1)CCCN2c1ccc(C)cc1. The average molecular weight is 426 g/mol. The van der Waals surface area contributed by atoms with E-state index in [1.807, 2.05) is 12.1 Å². The standard InChI is InChI=1S/C25H22N4O3/c1-17-8-11-20(12-9-17)28-14-4-6-19-15-18(10-13-22(19)28)5-3-7-21-24(26-2)27-29(25(21)32)16-23(30)31/h3,5,7-13,15H,4,6,14,16H2,1H3,(H,30,31). The fourth-order valence-electron chi connectivity index (χ4n) is 3.88. The van der Waals surface area contributed by atoms with Crippen molar-refractivity contribution in [2.75, 3.05) is 18.0 Å². The number of carbonyl (C=O) groups excluding carboxylic acids is 1. The number of allylic oxidation sites excluding steroid dienone is 2. The summed E-state index contributed by atoms with van der Waals surface area (Å²) in [5.74, 6) is -1.86. The van der Waals surface area contributed by atoms with Crippen molar-refractivity contribution < 1.29 is 14.7 Å². The van der Waals surface area contributed by atoms with Gasteiger partial charge in [-0.1, -0.05) is 48.6 Å². The Morgan fingerprint density at radius 3 is 2.75 bits per heavy atom. The molecule has 0 bridgehead atoms. The molecule has 32 heavy (non-hydrogen) atoms. The Morgan fingerprint density at radius 1 is 1.25 bits per heavy atom. The summed E-state index contributed by atoms with van der Waals surface area (Å²) in [6.45, 7) is 9.69. The molecule has 0 aliphatic carbocycles. The number of hydrogen-bond donors (Lipinski definition) is 1. The molecule has 0 spiro atoms. The predicted octanol–water partition coefficient (Wildman–Crippen LogP) is 4.18. The molecule has 2 aromatic rings. The molecule has 1 N–H and O–H groups in total. The molecular formula is C25H22N4O3. The number of benzene rings is 2. The lowest BCUT2D eigenvalue weighted by atomic mass is 9.98. The van der Waals surface area contributed by atoms with Crippen LogP contribution < -0.4 is 4.90 Å². The van der Waals surface area contributed by atoms with Crippen LogP contribution in [0.15, 0.2) is 65.3 Å². The van der Waals surface area contributed by atoms with Crippen LogP contribution in [0.5, 0.6) is 0 Å².